The fourth-order valence-electron chi connectivity index (χ4n) is 2.48. The maximum Gasteiger partial charge on any atom is 0.191 e. The highest BCUT2D eigenvalue weighted by Gasteiger charge is 2.38. The van der Waals surface area contributed by atoms with Crippen LogP contribution in [0.4, 0.5) is 0 Å². The molecule has 2 aromatic rings. The first-order valence-corrected chi connectivity index (χ1v) is 7.49. The van der Waals surface area contributed by atoms with Crippen LogP contribution in [0, 0.1) is 0 Å². The molecule has 0 aliphatic heterocycles. The molecule has 110 valence electrons. The van der Waals surface area contributed by atoms with Gasteiger partial charge in [-0.3, -0.25) is 0 Å². The molecule has 1 aliphatic carbocycles. The molecule has 1 aromatic heterocycles. The van der Waals surface area contributed by atoms with Crippen LogP contribution >= 0.6 is 0 Å². The smallest absolute Gasteiger partial charge is 0.191 e. The van der Waals surface area contributed by atoms with Crippen molar-refractivity contribution in [1.29, 1.82) is 0 Å². The standard InChI is InChI=1S/C17H21N3O/c1-2-18-17(19-12-14-9-6-10-21-14)20-16-11-15(16)13-7-4-3-5-8-13/h3-10,15-16H,2,11-12H2,1H3,(H2,18,19,20). The predicted molar refractivity (Wildman–Crippen MR) is 84.2 cm³/mol. The Hall–Kier alpha value is -2.23. The minimum absolute atomic E-state index is 0.474. The molecule has 1 aliphatic rings. The molecule has 2 unspecified atom stereocenters. The minimum Gasteiger partial charge on any atom is -0.467 e. The lowest BCUT2D eigenvalue weighted by Crippen LogP contribution is -2.39. The van der Waals surface area contributed by atoms with Gasteiger partial charge in [0.25, 0.3) is 0 Å². The minimum atomic E-state index is 0.474. The quantitative estimate of drug-likeness (QED) is 0.655. The van der Waals surface area contributed by atoms with Crippen molar-refractivity contribution in [2.24, 2.45) is 4.99 Å². The van der Waals surface area contributed by atoms with Gasteiger partial charge in [-0.15, -0.1) is 0 Å². The molecule has 4 heteroatoms. The van der Waals surface area contributed by atoms with E-state index in [-0.39, 0.29) is 0 Å². The Labute approximate surface area is 125 Å². The molecule has 2 N–H and O–H groups in total. The Kier molecular flexibility index (Phi) is 4.24. The SMILES string of the molecule is CCNC(=NCc1ccco1)NC1CC1c1ccccc1. The molecule has 0 radical (unpaired) electrons. The van der Waals surface area contributed by atoms with E-state index in [4.69, 9.17) is 4.42 Å². The summed E-state index contributed by atoms with van der Waals surface area (Å²) in [6, 6.07) is 14.9. The largest absolute Gasteiger partial charge is 0.467 e. The van der Waals surface area contributed by atoms with Crippen LogP contribution in [0.25, 0.3) is 0 Å². The topological polar surface area (TPSA) is 49.6 Å². The van der Waals surface area contributed by atoms with E-state index in [1.165, 1.54) is 5.56 Å². The molecule has 2 atom stereocenters. The van der Waals surface area contributed by atoms with Crippen molar-refractivity contribution < 1.29 is 4.42 Å². The van der Waals surface area contributed by atoms with Crippen LogP contribution in [0.15, 0.2) is 58.1 Å². The molecule has 1 aromatic carbocycles. The highest BCUT2D eigenvalue weighted by Crippen LogP contribution is 2.40. The molecule has 0 amide bonds. The summed E-state index contributed by atoms with van der Waals surface area (Å²) in [6.07, 6.45) is 2.84. The Bertz CT molecular complexity index is 577. The molecule has 21 heavy (non-hydrogen) atoms. The molecule has 0 saturated heterocycles. The van der Waals surface area contributed by atoms with Crippen molar-refractivity contribution in [2.75, 3.05) is 6.54 Å². The Morgan fingerprint density at radius 1 is 1.24 bits per heavy atom. The van der Waals surface area contributed by atoms with Crippen molar-refractivity contribution in [1.82, 2.24) is 10.6 Å². The number of nitrogens with one attached hydrogen (secondary N) is 2. The number of hydrogen-bond acceptors (Lipinski definition) is 2. The molecule has 3 rings (SSSR count). The first-order chi connectivity index (χ1) is 10.4. The Morgan fingerprint density at radius 3 is 2.81 bits per heavy atom. The third-order valence-electron chi connectivity index (χ3n) is 3.66. The van der Waals surface area contributed by atoms with Crippen LogP contribution in [-0.4, -0.2) is 18.5 Å². The maximum absolute atomic E-state index is 5.31. The molecule has 0 bridgehead atoms. The van der Waals surface area contributed by atoms with Gasteiger partial charge in [-0.1, -0.05) is 30.3 Å². The molecule has 1 saturated carbocycles. The number of rotatable bonds is 5. The number of hydrogen-bond donors (Lipinski definition) is 2. The van der Waals surface area contributed by atoms with E-state index in [0.29, 0.717) is 18.5 Å². The first-order valence-electron chi connectivity index (χ1n) is 7.49. The summed E-state index contributed by atoms with van der Waals surface area (Å²) in [5.74, 6) is 2.33. The third-order valence-corrected chi connectivity index (χ3v) is 3.66. The van der Waals surface area contributed by atoms with E-state index < -0.39 is 0 Å². The van der Waals surface area contributed by atoms with Crippen molar-refractivity contribution in [3.05, 3.63) is 60.1 Å². The van der Waals surface area contributed by atoms with E-state index in [1.54, 1.807) is 6.26 Å². The first kappa shape index (κ1) is 13.7. The number of guanidine groups is 1. The second-order valence-electron chi connectivity index (χ2n) is 5.28. The van der Waals surface area contributed by atoms with Crippen LogP contribution < -0.4 is 10.6 Å². The average molecular weight is 283 g/mol. The molecular formula is C17H21N3O. The van der Waals surface area contributed by atoms with E-state index >= 15 is 0 Å². The molecular weight excluding hydrogens is 262 g/mol. The van der Waals surface area contributed by atoms with Crippen molar-refractivity contribution in [3.8, 4) is 0 Å². The van der Waals surface area contributed by atoms with Gasteiger partial charge < -0.3 is 15.1 Å². The third kappa shape index (κ3) is 3.66. The lowest BCUT2D eigenvalue weighted by atomic mass is 10.1. The zero-order chi connectivity index (χ0) is 14.5. The normalized spacial score (nSPS) is 21.1. The number of aliphatic imine (C=N–C) groups is 1. The van der Waals surface area contributed by atoms with Crippen molar-refractivity contribution in [3.63, 3.8) is 0 Å². The van der Waals surface area contributed by atoms with Crippen LogP contribution in [0.5, 0.6) is 0 Å². The summed E-state index contributed by atoms with van der Waals surface area (Å²) in [7, 11) is 0. The Balaban J connectivity index is 1.57. The monoisotopic (exact) mass is 283 g/mol. The van der Waals surface area contributed by atoms with Crippen LogP contribution in [0.2, 0.25) is 0 Å². The second-order valence-corrected chi connectivity index (χ2v) is 5.28. The van der Waals surface area contributed by atoms with Gasteiger partial charge in [0.1, 0.15) is 12.3 Å². The second kappa shape index (κ2) is 6.48. The highest BCUT2D eigenvalue weighted by molar-refractivity contribution is 5.80. The average Bonchev–Trinajstić information content (AvgIpc) is 3.08. The maximum atomic E-state index is 5.31. The number of furan rings is 1. The molecule has 0 spiro atoms. The molecule has 1 heterocycles. The van der Waals surface area contributed by atoms with Gasteiger partial charge in [-0.25, -0.2) is 4.99 Å². The van der Waals surface area contributed by atoms with Gasteiger partial charge in [-0.05, 0) is 31.0 Å². The lowest BCUT2D eigenvalue weighted by Gasteiger charge is -2.11. The zero-order valence-electron chi connectivity index (χ0n) is 12.3. The van der Waals surface area contributed by atoms with Gasteiger partial charge in [-0.2, -0.15) is 0 Å². The summed E-state index contributed by atoms with van der Waals surface area (Å²) >= 11 is 0. The van der Waals surface area contributed by atoms with Gasteiger partial charge in [0.15, 0.2) is 5.96 Å². The summed E-state index contributed by atoms with van der Waals surface area (Å²) in [5, 5.41) is 6.79. The summed E-state index contributed by atoms with van der Waals surface area (Å²) in [6.45, 7) is 3.49. The summed E-state index contributed by atoms with van der Waals surface area (Å²) in [5.41, 5.74) is 1.40. The fourth-order valence-corrected chi connectivity index (χ4v) is 2.48. The highest BCUT2D eigenvalue weighted by atomic mass is 16.3. The van der Waals surface area contributed by atoms with E-state index in [2.05, 4.69) is 52.9 Å². The van der Waals surface area contributed by atoms with Crippen molar-refractivity contribution in [2.45, 2.75) is 31.8 Å². The lowest BCUT2D eigenvalue weighted by molar-refractivity contribution is 0.512. The van der Waals surface area contributed by atoms with E-state index in [0.717, 1.165) is 24.7 Å². The predicted octanol–water partition coefficient (Wildman–Crippen LogP) is 2.89. The summed E-state index contributed by atoms with van der Waals surface area (Å²) < 4.78 is 5.31. The van der Waals surface area contributed by atoms with Crippen LogP contribution in [-0.2, 0) is 6.54 Å². The number of benzene rings is 1. The van der Waals surface area contributed by atoms with E-state index in [9.17, 15) is 0 Å². The van der Waals surface area contributed by atoms with Gasteiger partial charge >= 0.3 is 0 Å². The molecule has 1 fully saturated rings. The van der Waals surface area contributed by atoms with Crippen LogP contribution in [0.1, 0.15) is 30.6 Å². The van der Waals surface area contributed by atoms with Gasteiger partial charge in [0, 0.05) is 18.5 Å². The zero-order valence-corrected chi connectivity index (χ0v) is 12.3. The van der Waals surface area contributed by atoms with Crippen molar-refractivity contribution >= 4 is 5.96 Å². The van der Waals surface area contributed by atoms with Gasteiger partial charge in [0.2, 0.25) is 0 Å². The summed E-state index contributed by atoms with van der Waals surface area (Å²) in [4.78, 5) is 4.56. The van der Waals surface area contributed by atoms with Gasteiger partial charge in [0.05, 0.1) is 6.26 Å². The van der Waals surface area contributed by atoms with E-state index in [1.807, 2.05) is 12.1 Å². The Morgan fingerprint density at radius 2 is 2.10 bits per heavy atom. The fraction of sp³-hybridized carbons (Fsp3) is 0.353. The number of nitrogens with zero attached hydrogens (tertiary/aromatic N) is 1. The molecule has 4 nitrogen and oxygen atoms in total. The van der Waals surface area contributed by atoms with Crippen LogP contribution in [0.3, 0.4) is 0 Å².